The van der Waals surface area contributed by atoms with Crippen molar-refractivity contribution in [1.29, 1.82) is 0 Å². The van der Waals surface area contributed by atoms with Crippen LogP contribution in [0.4, 0.5) is 0 Å². The molecule has 0 saturated carbocycles. The molecule has 0 radical (unpaired) electrons. The highest BCUT2D eigenvalue weighted by Crippen LogP contribution is 2.24. The molecule has 0 amide bonds. The lowest BCUT2D eigenvalue weighted by atomic mass is 10.3. The predicted octanol–water partition coefficient (Wildman–Crippen LogP) is 2.95. The number of imidazole rings is 1. The van der Waals surface area contributed by atoms with Crippen molar-refractivity contribution >= 4 is 11.2 Å². The Hall–Kier alpha value is -3.42. The highest BCUT2D eigenvalue weighted by molar-refractivity contribution is 5.76. The van der Waals surface area contributed by atoms with Gasteiger partial charge in [0.25, 0.3) is 5.56 Å². The van der Waals surface area contributed by atoms with E-state index in [1.54, 1.807) is 15.4 Å². The van der Waals surface area contributed by atoms with Crippen molar-refractivity contribution in [2.24, 2.45) is 0 Å². The number of aryl methyl sites for hydroxylation is 2. The Bertz CT molecular complexity index is 1250. The number of hydrogen-bond donors (Lipinski definition) is 1. The number of para-hydroxylation sites is 1. The summed E-state index contributed by atoms with van der Waals surface area (Å²) in [6.07, 6.45) is 6.25. The maximum Gasteiger partial charge on any atom is 0.330 e. The molecule has 4 aromatic rings. The van der Waals surface area contributed by atoms with Crippen molar-refractivity contribution in [1.82, 2.24) is 28.9 Å². The number of unbranched alkanes of at least 4 members (excludes halogenated alkanes) is 1. The number of nitrogens with zero attached hydrogens (tertiary/aromatic N) is 5. The highest BCUT2D eigenvalue weighted by Gasteiger charge is 2.20. The zero-order chi connectivity index (χ0) is 20.4. The normalized spacial score (nSPS) is 11.4. The summed E-state index contributed by atoms with van der Waals surface area (Å²) in [7, 11) is 0. The smallest absolute Gasteiger partial charge is 0.318 e. The molecule has 4 rings (SSSR count). The predicted molar refractivity (Wildman–Crippen MR) is 112 cm³/mol. The molecule has 29 heavy (non-hydrogen) atoms. The summed E-state index contributed by atoms with van der Waals surface area (Å²) in [6.45, 7) is 5.25. The number of aromatic amines is 1. The van der Waals surface area contributed by atoms with Gasteiger partial charge in [-0.15, -0.1) is 0 Å². The molecule has 0 bridgehead atoms. The second kappa shape index (κ2) is 7.90. The quantitative estimate of drug-likeness (QED) is 0.523. The van der Waals surface area contributed by atoms with E-state index >= 15 is 0 Å². The summed E-state index contributed by atoms with van der Waals surface area (Å²) < 4.78 is 5.24. The fourth-order valence-electron chi connectivity index (χ4n) is 3.52. The van der Waals surface area contributed by atoms with Gasteiger partial charge in [0, 0.05) is 19.3 Å². The molecule has 0 aliphatic rings. The second-order valence-corrected chi connectivity index (χ2v) is 7.03. The molecule has 0 spiro atoms. The molecule has 8 nitrogen and oxygen atoms in total. The molecule has 1 aromatic carbocycles. The molecule has 0 aliphatic heterocycles. The van der Waals surface area contributed by atoms with Crippen LogP contribution in [-0.2, 0) is 13.1 Å². The Morgan fingerprint density at radius 2 is 1.79 bits per heavy atom. The van der Waals surface area contributed by atoms with E-state index in [9.17, 15) is 9.59 Å². The molecule has 0 unspecified atom stereocenters. The van der Waals surface area contributed by atoms with Gasteiger partial charge in [-0.25, -0.2) is 14.5 Å². The van der Waals surface area contributed by atoms with Crippen LogP contribution in [0.15, 0.2) is 52.3 Å². The van der Waals surface area contributed by atoms with Crippen LogP contribution in [0.25, 0.3) is 28.2 Å². The lowest BCUT2D eigenvalue weighted by molar-refractivity contribution is 0.612. The number of hydrogen-bond acceptors (Lipinski definition) is 4. The van der Waals surface area contributed by atoms with Gasteiger partial charge in [0.05, 0.1) is 17.4 Å². The number of rotatable bonds is 7. The molecule has 3 aromatic heterocycles. The molecule has 8 heteroatoms. The van der Waals surface area contributed by atoms with Crippen LogP contribution >= 0.6 is 0 Å². The maximum atomic E-state index is 12.6. The van der Waals surface area contributed by atoms with Gasteiger partial charge >= 0.3 is 5.69 Å². The Balaban J connectivity index is 1.92. The lowest BCUT2D eigenvalue weighted by Gasteiger charge is -2.07. The van der Waals surface area contributed by atoms with E-state index in [1.165, 1.54) is 0 Å². The number of fused-ring (bicyclic) bond motifs is 1. The topological polar surface area (TPSA) is 90.5 Å². The van der Waals surface area contributed by atoms with Crippen LogP contribution in [0.1, 0.15) is 33.1 Å². The van der Waals surface area contributed by atoms with Crippen LogP contribution in [0, 0.1) is 0 Å². The lowest BCUT2D eigenvalue weighted by Crippen LogP contribution is -2.31. The Morgan fingerprint density at radius 3 is 2.52 bits per heavy atom. The van der Waals surface area contributed by atoms with Gasteiger partial charge in [0.1, 0.15) is 5.82 Å². The summed E-state index contributed by atoms with van der Waals surface area (Å²) in [5.74, 6) is 0.644. The molecule has 0 saturated heterocycles. The standard InChI is InChI=1S/C21H24N6O2/c1-3-5-12-26-19-17(20(28)24-21(26)29)25(11-4-2)18(23-19)15-13-22-27(14-15)16-9-7-6-8-10-16/h6-10,13-14H,3-5,11-12H2,1-2H3,(H,24,28,29). The Morgan fingerprint density at radius 1 is 1.00 bits per heavy atom. The molecular formula is C21H24N6O2. The van der Waals surface area contributed by atoms with Gasteiger partial charge in [-0.3, -0.25) is 14.3 Å². The zero-order valence-corrected chi connectivity index (χ0v) is 16.6. The fourth-order valence-corrected chi connectivity index (χ4v) is 3.52. The van der Waals surface area contributed by atoms with Crippen molar-refractivity contribution in [2.75, 3.05) is 0 Å². The van der Waals surface area contributed by atoms with E-state index in [2.05, 4.69) is 17.0 Å². The zero-order valence-electron chi connectivity index (χ0n) is 16.6. The molecule has 0 fully saturated rings. The summed E-state index contributed by atoms with van der Waals surface area (Å²) in [5.41, 5.74) is 1.79. The van der Waals surface area contributed by atoms with E-state index < -0.39 is 11.2 Å². The van der Waals surface area contributed by atoms with Crippen molar-refractivity contribution in [3.8, 4) is 17.1 Å². The summed E-state index contributed by atoms with van der Waals surface area (Å²) in [5, 5.41) is 4.46. The molecule has 150 valence electrons. The maximum absolute atomic E-state index is 12.6. The van der Waals surface area contributed by atoms with Crippen LogP contribution in [0.3, 0.4) is 0 Å². The van der Waals surface area contributed by atoms with Gasteiger partial charge in [0.2, 0.25) is 0 Å². The Kier molecular flexibility index (Phi) is 5.16. The van der Waals surface area contributed by atoms with Gasteiger partial charge in [-0.2, -0.15) is 5.10 Å². The first-order valence-electron chi connectivity index (χ1n) is 9.97. The van der Waals surface area contributed by atoms with Crippen molar-refractivity contribution < 1.29 is 0 Å². The average molecular weight is 392 g/mol. The van der Waals surface area contributed by atoms with Crippen molar-refractivity contribution in [3.63, 3.8) is 0 Å². The van der Waals surface area contributed by atoms with Crippen molar-refractivity contribution in [2.45, 2.75) is 46.2 Å². The largest absolute Gasteiger partial charge is 0.330 e. The first-order chi connectivity index (χ1) is 14.1. The minimum atomic E-state index is -0.413. The highest BCUT2D eigenvalue weighted by atomic mass is 16.2. The SMILES string of the molecule is CCCCn1c(=O)[nH]c(=O)c2c1nc(-c1cnn(-c3ccccc3)c1)n2CCC. The molecule has 1 N–H and O–H groups in total. The summed E-state index contributed by atoms with van der Waals surface area (Å²) in [4.78, 5) is 32.2. The third-order valence-corrected chi connectivity index (χ3v) is 4.93. The minimum Gasteiger partial charge on any atom is -0.318 e. The molecular weight excluding hydrogens is 368 g/mol. The minimum absolute atomic E-state index is 0.402. The third kappa shape index (κ3) is 3.41. The van der Waals surface area contributed by atoms with E-state index in [1.807, 2.05) is 48.0 Å². The van der Waals surface area contributed by atoms with Gasteiger partial charge in [0.15, 0.2) is 11.2 Å². The van der Waals surface area contributed by atoms with Gasteiger partial charge in [-0.05, 0) is 25.0 Å². The van der Waals surface area contributed by atoms with E-state index in [0.29, 0.717) is 30.1 Å². The van der Waals surface area contributed by atoms with Crippen LogP contribution in [0.2, 0.25) is 0 Å². The first kappa shape index (κ1) is 18.9. The molecule has 3 heterocycles. The Labute approximate surface area is 167 Å². The van der Waals surface area contributed by atoms with E-state index in [4.69, 9.17) is 4.98 Å². The third-order valence-electron chi connectivity index (χ3n) is 4.93. The average Bonchev–Trinajstić information content (AvgIpc) is 3.34. The molecule has 0 atom stereocenters. The number of H-pyrrole nitrogens is 1. The van der Waals surface area contributed by atoms with Gasteiger partial charge in [-0.1, -0.05) is 38.5 Å². The number of aromatic nitrogens is 6. The first-order valence-corrected chi connectivity index (χ1v) is 9.97. The van der Waals surface area contributed by atoms with Crippen LogP contribution in [0.5, 0.6) is 0 Å². The second-order valence-electron chi connectivity index (χ2n) is 7.03. The van der Waals surface area contributed by atoms with E-state index in [0.717, 1.165) is 30.5 Å². The van der Waals surface area contributed by atoms with Crippen molar-refractivity contribution in [3.05, 3.63) is 63.6 Å². The van der Waals surface area contributed by atoms with Gasteiger partial charge < -0.3 is 4.57 Å². The molecule has 0 aliphatic carbocycles. The summed E-state index contributed by atoms with van der Waals surface area (Å²) >= 11 is 0. The van der Waals surface area contributed by atoms with Crippen LogP contribution in [-0.4, -0.2) is 28.9 Å². The number of nitrogens with one attached hydrogen (secondary N) is 1. The van der Waals surface area contributed by atoms with E-state index in [-0.39, 0.29) is 0 Å². The monoisotopic (exact) mass is 392 g/mol. The summed E-state index contributed by atoms with van der Waals surface area (Å²) in [6, 6.07) is 9.80. The van der Waals surface area contributed by atoms with Crippen LogP contribution < -0.4 is 11.2 Å². The fraction of sp³-hybridized carbons (Fsp3) is 0.333. The number of benzene rings is 1.